The van der Waals surface area contributed by atoms with Gasteiger partial charge >= 0.3 is 0 Å². The predicted octanol–water partition coefficient (Wildman–Crippen LogP) is 3.23. The summed E-state index contributed by atoms with van der Waals surface area (Å²) in [7, 11) is 0. The van der Waals surface area contributed by atoms with E-state index >= 15 is 0 Å². The number of thioether (sulfide) groups is 1. The largest absolute Gasteiger partial charge is 0.324 e. The van der Waals surface area contributed by atoms with Crippen molar-refractivity contribution in [3.8, 4) is 0 Å². The molecule has 0 saturated heterocycles. The first kappa shape index (κ1) is 14.2. The van der Waals surface area contributed by atoms with E-state index in [1.807, 2.05) is 0 Å². The predicted molar refractivity (Wildman–Crippen MR) is 76.8 cm³/mol. The minimum atomic E-state index is -0.344. The molecule has 19 heavy (non-hydrogen) atoms. The number of nitrogens with zero attached hydrogens (tertiary/aromatic N) is 2. The minimum Gasteiger partial charge on any atom is -0.324 e. The van der Waals surface area contributed by atoms with Crippen molar-refractivity contribution in [2.75, 3.05) is 5.32 Å². The number of benzene rings is 1. The van der Waals surface area contributed by atoms with Crippen LogP contribution < -0.4 is 5.32 Å². The summed E-state index contributed by atoms with van der Waals surface area (Å²) in [4.78, 5) is 16.0. The lowest BCUT2D eigenvalue weighted by atomic mass is 10.3. The number of hydrogen-bond donors (Lipinski definition) is 2. The molecule has 0 aliphatic heterocycles. The molecular formula is C11H10Cl2N4OS. The molecule has 1 amide bonds. The maximum absolute atomic E-state index is 12.0. The Morgan fingerprint density at radius 2 is 2.26 bits per heavy atom. The number of anilines is 1. The summed E-state index contributed by atoms with van der Waals surface area (Å²) in [5, 5.41) is 10.3. The highest BCUT2D eigenvalue weighted by molar-refractivity contribution is 8.00. The van der Waals surface area contributed by atoms with Crippen LogP contribution in [0.1, 0.15) is 6.92 Å². The normalized spacial score (nSPS) is 12.2. The van der Waals surface area contributed by atoms with E-state index in [1.54, 1.807) is 25.1 Å². The molecule has 0 bridgehead atoms. The highest BCUT2D eigenvalue weighted by Gasteiger charge is 2.17. The Kier molecular flexibility index (Phi) is 4.68. The minimum absolute atomic E-state index is 0.189. The van der Waals surface area contributed by atoms with Crippen LogP contribution in [-0.2, 0) is 4.79 Å². The van der Waals surface area contributed by atoms with Crippen molar-refractivity contribution in [1.29, 1.82) is 0 Å². The van der Waals surface area contributed by atoms with E-state index in [1.165, 1.54) is 18.1 Å². The lowest BCUT2D eigenvalue weighted by molar-refractivity contribution is -0.115. The Bertz CT molecular complexity index is 576. The second-order valence-corrected chi connectivity index (χ2v) is 5.84. The molecule has 0 unspecified atom stereocenters. The summed E-state index contributed by atoms with van der Waals surface area (Å²) < 4.78 is 0. The average molecular weight is 317 g/mol. The summed E-state index contributed by atoms with van der Waals surface area (Å²) in [5.41, 5.74) is 0.490. The smallest absolute Gasteiger partial charge is 0.237 e. The molecule has 0 spiro atoms. The van der Waals surface area contributed by atoms with Crippen LogP contribution in [0.4, 0.5) is 5.69 Å². The van der Waals surface area contributed by atoms with Gasteiger partial charge in [-0.2, -0.15) is 5.10 Å². The molecule has 0 aliphatic carbocycles. The number of aromatic amines is 1. The molecule has 1 atom stereocenters. The van der Waals surface area contributed by atoms with E-state index in [9.17, 15) is 4.79 Å². The van der Waals surface area contributed by atoms with Crippen molar-refractivity contribution in [1.82, 2.24) is 15.2 Å². The van der Waals surface area contributed by atoms with Gasteiger partial charge in [0.25, 0.3) is 0 Å². The van der Waals surface area contributed by atoms with Crippen molar-refractivity contribution in [2.24, 2.45) is 0 Å². The van der Waals surface area contributed by atoms with E-state index < -0.39 is 0 Å². The van der Waals surface area contributed by atoms with Crippen LogP contribution in [0.3, 0.4) is 0 Å². The summed E-state index contributed by atoms with van der Waals surface area (Å²) in [6, 6.07) is 4.90. The Morgan fingerprint density at radius 3 is 2.95 bits per heavy atom. The van der Waals surface area contributed by atoms with Crippen LogP contribution in [0.15, 0.2) is 29.7 Å². The van der Waals surface area contributed by atoms with E-state index in [4.69, 9.17) is 23.2 Å². The zero-order chi connectivity index (χ0) is 13.8. The van der Waals surface area contributed by atoms with Crippen LogP contribution >= 0.6 is 35.0 Å². The molecule has 2 N–H and O–H groups in total. The molecule has 0 aliphatic rings. The number of carbonyl (C=O) groups excluding carboxylic acids is 1. The summed E-state index contributed by atoms with van der Waals surface area (Å²) in [6.45, 7) is 1.76. The molecular weight excluding hydrogens is 307 g/mol. The molecule has 1 heterocycles. The fourth-order valence-corrected chi connectivity index (χ4v) is 2.35. The van der Waals surface area contributed by atoms with Gasteiger partial charge < -0.3 is 5.32 Å². The van der Waals surface area contributed by atoms with Gasteiger partial charge in [0.15, 0.2) is 5.16 Å². The zero-order valence-corrected chi connectivity index (χ0v) is 12.2. The number of aromatic nitrogens is 3. The number of halogens is 2. The Labute approximate surface area is 124 Å². The number of hydrogen-bond acceptors (Lipinski definition) is 4. The van der Waals surface area contributed by atoms with E-state index in [0.29, 0.717) is 20.9 Å². The number of rotatable bonds is 4. The number of H-pyrrole nitrogens is 1. The first-order valence-corrected chi connectivity index (χ1v) is 6.98. The summed E-state index contributed by atoms with van der Waals surface area (Å²) in [6.07, 6.45) is 1.39. The van der Waals surface area contributed by atoms with Gasteiger partial charge in [0.1, 0.15) is 6.33 Å². The van der Waals surface area contributed by atoms with Crippen molar-refractivity contribution < 1.29 is 4.79 Å². The van der Waals surface area contributed by atoms with Crippen molar-refractivity contribution in [3.05, 3.63) is 34.6 Å². The standard InChI is InChI=1S/C11H10Cl2N4OS/c1-6(19-11-14-5-15-17-11)10(18)16-9-4-7(12)2-3-8(9)13/h2-6H,1H3,(H,16,18)(H,14,15,17)/t6-/m1/s1. The van der Waals surface area contributed by atoms with Gasteiger partial charge in [0.05, 0.1) is 16.0 Å². The first-order valence-electron chi connectivity index (χ1n) is 5.34. The second-order valence-electron chi connectivity index (χ2n) is 3.66. The van der Waals surface area contributed by atoms with Crippen LogP contribution in [0, 0.1) is 0 Å². The lowest BCUT2D eigenvalue weighted by Gasteiger charge is -2.11. The highest BCUT2D eigenvalue weighted by atomic mass is 35.5. The van der Waals surface area contributed by atoms with Gasteiger partial charge in [-0.1, -0.05) is 35.0 Å². The van der Waals surface area contributed by atoms with Gasteiger partial charge in [0, 0.05) is 5.02 Å². The van der Waals surface area contributed by atoms with Gasteiger partial charge in [0.2, 0.25) is 5.91 Å². The summed E-state index contributed by atoms with van der Waals surface area (Å²) in [5.74, 6) is -0.189. The first-order chi connectivity index (χ1) is 9.06. The molecule has 0 fully saturated rings. The Hall–Kier alpha value is -1.24. The molecule has 0 radical (unpaired) electrons. The van der Waals surface area contributed by atoms with Crippen LogP contribution in [0.2, 0.25) is 10.0 Å². The molecule has 1 aromatic heterocycles. The third kappa shape index (κ3) is 3.86. The second kappa shape index (κ2) is 6.27. The van der Waals surface area contributed by atoms with Crippen molar-refractivity contribution >= 4 is 46.6 Å². The van der Waals surface area contributed by atoms with Crippen LogP contribution in [-0.4, -0.2) is 26.3 Å². The molecule has 1 aromatic carbocycles. The quantitative estimate of drug-likeness (QED) is 0.849. The van der Waals surface area contributed by atoms with Gasteiger partial charge in [-0.3, -0.25) is 9.89 Å². The number of nitrogens with one attached hydrogen (secondary N) is 2. The maximum atomic E-state index is 12.0. The molecule has 8 heteroatoms. The van der Waals surface area contributed by atoms with Crippen molar-refractivity contribution in [2.45, 2.75) is 17.3 Å². The van der Waals surface area contributed by atoms with E-state index in [0.717, 1.165) is 0 Å². The van der Waals surface area contributed by atoms with Gasteiger partial charge in [-0.15, -0.1) is 0 Å². The molecule has 2 aromatic rings. The molecule has 0 saturated carbocycles. The Balaban J connectivity index is 2.02. The van der Waals surface area contributed by atoms with Crippen LogP contribution in [0.25, 0.3) is 0 Å². The zero-order valence-electron chi connectivity index (χ0n) is 9.85. The highest BCUT2D eigenvalue weighted by Crippen LogP contribution is 2.27. The van der Waals surface area contributed by atoms with E-state index in [2.05, 4.69) is 20.5 Å². The topological polar surface area (TPSA) is 70.7 Å². The third-order valence-electron chi connectivity index (χ3n) is 2.24. The van der Waals surface area contributed by atoms with Crippen LogP contribution in [0.5, 0.6) is 0 Å². The fourth-order valence-electron chi connectivity index (χ4n) is 1.30. The molecule has 2 rings (SSSR count). The average Bonchev–Trinajstić information content (AvgIpc) is 2.86. The monoisotopic (exact) mass is 316 g/mol. The number of carbonyl (C=O) groups is 1. The lowest BCUT2D eigenvalue weighted by Crippen LogP contribution is -2.22. The fraction of sp³-hybridized carbons (Fsp3) is 0.182. The summed E-state index contributed by atoms with van der Waals surface area (Å²) >= 11 is 13.1. The molecule has 100 valence electrons. The van der Waals surface area contributed by atoms with Gasteiger partial charge in [-0.05, 0) is 25.1 Å². The third-order valence-corrected chi connectivity index (χ3v) is 3.79. The number of amides is 1. The molecule has 5 nitrogen and oxygen atoms in total. The van der Waals surface area contributed by atoms with Crippen molar-refractivity contribution in [3.63, 3.8) is 0 Å². The SMILES string of the molecule is C[C@@H](Sc1ncn[nH]1)C(=O)Nc1cc(Cl)ccc1Cl. The maximum Gasteiger partial charge on any atom is 0.237 e. The van der Waals surface area contributed by atoms with Gasteiger partial charge in [-0.25, -0.2) is 4.98 Å². The Morgan fingerprint density at radius 1 is 1.47 bits per heavy atom. The van der Waals surface area contributed by atoms with E-state index in [-0.39, 0.29) is 11.2 Å².